The van der Waals surface area contributed by atoms with Crippen LogP contribution in [0.25, 0.3) is 0 Å². The van der Waals surface area contributed by atoms with E-state index in [-0.39, 0.29) is 12.3 Å². The Balaban J connectivity index is 1.63. The molecule has 2 aromatic carbocycles. The van der Waals surface area contributed by atoms with Crippen molar-refractivity contribution >= 4 is 35.0 Å². The first-order chi connectivity index (χ1) is 13.7. The first-order valence-corrected chi connectivity index (χ1v) is 9.17. The number of methoxy groups -OCH3 is 1. The molecule has 1 heterocycles. The Morgan fingerprint density at radius 3 is 2.50 bits per heavy atom. The SMILES string of the molecule is COc1ccc(Nc2nccc(Sc3ccc(NC(=O)CC#N)cc3)n2)cc1. The van der Waals surface area contributed by atoms with Crippen LogP contribution in [0.1, 0.15) is 6.42 Å². The van der Waals surface area contributed by atoms with Gasteiger partial charge < -0.3 is 15.4 Å². The number of nitriles is 1. The van der Waals surface area contributed by atoms with Crippen LogP contribution in [0.4, 0.5) is 17.3 Å². The minimum atomic E-state index is -0.326. The standard InChI is InChI=1S/C20H17N5O2S/c1-27-16-6-2-15(3-7-16)24-20-22-13-11-19(25-20)28-17-8-4-14(5-9-17)23-18(26)10-12-21/h2-9,11,13H,10H2,1H3,(H,23,26)(H,22,24,25). The lowest BCUT2D eigenvalue weighted by atomic mass is 10.3. The molecule has 0 atom stereocenters. The molecule has 0 aliphatic heterocycles. The summed E-state index contributed by atoms with van der Waals surface area (Å²) in [5.74, 6) is 0.951. The van der Waals surface area contributed by atoms with Crippen LogP contribution >= 0.6 is 11.8 Å². The van der Waals surface area contributed by atoms with Crippen molar-refractivity contribution in [2.24, 2.45) is 0 Å². The van der Waals surface area contributed by atoms with E-state index < -0.39 is 0 Å². The van der Waals surface area contributed by atoms with Crippen LogP contribution in [0, 0.1) is 11.3 Å². The number of carbonyl (C=O) groups excluding carboxylic acids is 1. The molecule has 0 spiro atoms. The van der Waals surface area contributed by atoms with E-state index in [9.17, 15) is 4.79 Å². The monoisotopic (exact) mass is 391 g/mol. The first kappa shape index (κ1) is 19.2. The van der Waals surface area contributed by atoms with Crippen molar-refractivity contribution in [1.29, 1.82) is 5.26 Å². The maximum atomic E-state index is 11.4. The highest BCUT2D eigenvalue weighted by Crippen LogP contribution is 2.28. The lowest BCUT2D eigenvalue weighted by Crippen LogP contribution is -2.09. The van der Waals surface area contributed by atoms with E-state index in [2.05, 4.69) is 20.6 Å². The van der Waals surface area contributed by atoms with Crippen molar-refractivity contribution in [3.8, 4) is 11.8 Å². The van der Waals surface area contributed by atoms with Crippen LogP contribution < -0.4 is 15.4 Å². The molecule has 0 saturated carbocycles. The van der Waals surface area contributed by atoms with Gasteiger partial charge in [-0.15, -0.1) is 0 Å². The molecule has 0 aliphatic rings. The highest BCUT2D eigenvalue weighted by atomic mass is 32.2. The molecule has 0 fully saturated rings. The van der Waals surface area contributed by atoms with Gasteiger partial charge in [0.2, 0.25) is 11.9 Å². The van der Waals surface area contributed by atoms with Crippen molar-refractivity contribution in [1.82, 2.24) is 9.97 Å². The fourth-order valence-electron chi connectivity index (χ4n) is 2.27. The highest BCUT2D eigenvalue weighted by molar-refractivity contribution is 7.99. The molecule has 0 radical (unpaired) electrons. The number of nitrogens with one attached hydrogen (secondary N) is 2. The van der Waals surface area contributed by atoms with Gasteiger partial charge in [-0.2, -0.15) is 5.26 Å². The average Bonchev–Trinajstić information content (AvgIpc) is 2.71. The zero-order valence-corrected chi connectivity index (χ0v) is 15.9. The highest BCUT2D eigenvalue weighted by Gasteiger charge is 2.05. The molecule has 8 heteroatoms. The molecular formula is C20H17N5O2S. The molecule has 3 rings (SSSR count). The minimum Gasteiger partial charge on any atom is -0.497 e. The number of benzene rings is 2. The summed E-state index contributed by atoms with van der Waals surface area (Å²) in [7, 11) is 1.62. The average molecular weight is 391 g/mol. The Bertz CT molecular complexity index is 985. The molecule has 7 nitrogen and oxygen atoms in total. The molecule has 0 saturated heterocycles. The smallest absolute Gasteiger partial charge is 0.238 e. The van der Waals surface area contributed by atoms with Crippen molar-refractivity contribution in [3.63, 3.8) is 0 Å². The Hall–Kier alpha value is -3.57. The van der Waals surface area contributed by atoms with Gasteiger partial charge in [0, 0.05) is 22.5 Å². The van der Waals surface area contributed by atoms with Gasteiger partial charge in [-0.3, -0.25) is 4.79 Å². The van der Waals surface area contributed by atoms with Crippen molar-refractivity contribution < 1.29 is 9.53 Å². The van der Waals surface area contributed by atoms with E-state index in [4.69, 9.17) is 10.00 Å². The molecule has 28 heavy (non-hydrogen) atoms. The number of aromatic nitrogens is 2. The molecule has 1 amide bonds. The summed E-state index contributed by atoms with van der Waals surface area (Å²) in [5.41, 5.74) is 1.51. The number of carbonyl (C=O) groups is 1. The van der Waals surface area contributed by atoms with Gasteiger partial charge >= 0.3 is 0 Å². The van der Waals surface area contributed by atoms with Crippen molar-refractivity contribution in [2.45, 2.75) is 16.3 Å². The van der Waals surface area contributed by atoms with Crippen LogP contribution in [0.3, 0.4) is 0 Å². The van der Waals surface area contributed by atoms with E-state index in [1.54, 1.807) is 25.4 Å². The molecule has 0 bridgehead atoms. The zero-order chi connectivity index (χ0) is 19.8. The lowest BCUT2D eigenvalue weighted by Gasteiger charge is -2.08. The van der Waals surface area contributed by atoms with Crippen LogP contribution in [0.2, 0.25) is 0 Å². The molecule has 1 aromatic heterocycles. The van der Waals surface area contributed by atoms with E-state index in [1.807, 2.05) is 48.5 Å². The second-order valence-electron chi connectivity index (χ2n) is 5.58. The maximum Gasteiger partial charge on any atom is 0.238 e. The largest absolute Gasteiger partial charge is 0.497 e. The van der Waals surface area contributed by atoms with Gasteiger partial charge in [0.15, 0.2) is 0 Å². The van der Waals surface area contributed by atoms with Crippen LogP contribution in [-0.2, 0) is 4.79 Å². The van der Waals surface area contributed by atoms with E-state index in [1.165, 1.54) is 11.8 Å². The third-order valence-corrected chi connectivity index (χ3v) is 4.52. The maximum absolute atomic E-state index is 11.4. The number of hydrogen-bond acceptors (Lipinski definition) is 7. The zero-order valence-electron chi connectivity index (χ0n) is 15.0. The Labute approximate surface area is 166 Å². The number of amides is 1. The second-order valence-corrected chi connectivity index (χ2v) is 6.68. The molecule has 0 unspecified atom stereocenters. The van der Waals surface area contributed by atoms with Crippen LogP contribution in [0.15, 0.2) is 70.7 Å². The summed E-state index contributed by atoms with van der Waals surface area (Å²) < 4.78 is 5.15. The van der Waals surface area contributed by atoms with Gasteiger partial charge in [0.05, 0.1) is 13.2 Å². The predicted molar refractivity (Wildman–Crippen MR) is 108 cm³/mol. The molecule has 3 aromatic rings. The van der Waals surface area contributed by atoms with Crippen molar-refractivity contribution in [2.75, 3.05) is 17.7 Å². The number of anilines is 3. The van der Waals surface area contributed by atoms with Gasteiger partial charge in [-0.25, -0.2) is 9.97 Å². The molecular weight excluding hydrogens is 374 g/mol. The molecule has 2 N–H and O–H groups in total. The Kier molecular flexibility index (Phi) is 6.44. The first-order valence-electron chi connectivity index (χ1n) is 8.35. The molecule has 0 aliphatic carbocycles. The van der Waals surface area contributed by atoms with Crippen LogP contribution in [-0.4, -0.2) is 23.0 Å². The van der Waals surface area contributed by atoms with Crippen molar-refractivity contribution in [3.05, 3.63) is 60.8 Å². The topological polar surface area (TPSA) is 99.9 Å². The van der Waals surface area contributed by atoms with Gasteiger partial charge in [-0.05, 0) is 54.6 Å². The summed E-state index contributed by atoms with van der Waals surface area (Å²) in [6.45, 7) is 0. The van der Waals surface area contributed by atoms with Gasteiger partial charge in [0.25, 0.3) is 0 Å². The lowest BCUT2D eigenvalue weighted by molar-refractivity contribution is -0.115. The summed E-state index contributed by atoms with van der Waals surface area (Å²) in [4.78, 5) is 21.2. The number of hydrogen-bond donors (Lipinski definition) is 2. The summed E-state index contributed by atoms with van der Waals surface area (Å²) >= 11 is 1.48. The van der Waals surface area contributed by atoms with E-state index >= 15 is 0 Å². The second kappa shape index (κ2) is 9.39. The third kappa shape index (κ3) is 5.46. The fourth-order valence-corrected chi connectivity index (χ4v) is 3.04. The minimum absolute atomic E-state index is 0.165. The summed E-state index contributed by atoms with van der Waals surface area (Å²) in [6.07, 6.45) is 1.53. The summed E-state index contributed by atoms with van der Waals surface area (Å²) in [5, 5.41) is 15.1. The van der Waals surface area contributed by atoms with E-state index in [0.717, 1.165) is 21.4 Å². The predicted octanol–water partition coefficient (Wildman–Crippen LogP) is 4.23. The number of rotatable bonds is 7. The molecule has 140 valence electrons. The Morgan fingerprint density at radius 1 is 1.11 bits per heavy atom. The van der Waals surface area contributed by atoms with Gasteiger partial charge in [0.1, 0.15) is 17.2 Å². The normalized spacial score (nSPS) is 10.0. The van der Waals surface area contributed by atoms with Crippen LogP contribution in [0.5, 0.6) is 5.75 Å². The third-order valence-electron chi connectivity index (χ3n) is 3.58. The fraction of sp³-hybridized carbons (Fsp3) is 0.100. The van der Waals surface area contributed by atoms with Gasteiger partial charge in [-0.1, -0.05) is 11.8 Å². The number of ether oxygens (including phenoxy) is 1. The Morgan fingerprint density at radius 2 is 1.82 bits per heavy atom. The van der Waals surface area contributed by atoms with E-state index in [0.29, 0.717) is 11.6 Å². The summed E-state index contributed by atoms with van der Waals surface area (Å²) in [6, 6.07) is 18.5. The quantitative estimate of drug-likeness (QED) is 0.581. The number of nitrogens with zero attached hydrogens (tertiary/aromatic N) is 3.